The van der Waals surface area contributed by atoms with Crippen LogP contribution in [0.2, 0.25) is 0 Å². The Morgan fingerprint density at radius 3 is 2.58 bits per heavy atom. The van der Waals surface area contributed by atoms with Gasteiger partial charge in [0.2, 0.25) is 5.91 Å². The van der Waals surface area contributed by atoms with Gasteiger partial charge in [0.05, 0.1) is 6.20 Å². The van der Waals surface area contributed by atoms with Crippen molar-refractivity contribution in [2.45, 2.75) is 58.9 Å². The zero-order chi connectivity index (χ0) is 23.8. The summed E-state index contributed by atoms with van der Waals surface area (Å²) in [5, 5.41) is 0. The Bertz CT molecular complexity index is 1180. The molecule has 3 aromatic rings. The number of benzene rings is 1. The summed E-state index contributed by atoms with van der Waals surface area (Å²) in [6.45, 7) is 4.70. The maximum absolute atomic E-state index is 13.2. The summed E-state index contributed by atoms with van der Waals surface area (Å²) in [5.41, 5.74) is 5.94. The van der Waals surface area contributed by atoms with E-state index in [4.69, 9.17) is 10.2 Å². The van der Waals surface area contributed by atoms with Gasteiger partial charge in [0.15, 0.2) is 17.3 Å². The summed E-state index contributed by atoms with van der Waals surface area (Å²) in [6.07, 6.45) is 5.11. The van der Waals surface area contributed by atoms with E-state index in [2.05, 4.69) is 9.97 Å². The number of anilines is 2. The van der Waals surface area contributed by atoms with E-state index in [-0.39, 0.29) is 30.3 Å². The zero-order valence-electron chi connectivity index (χ0n) is 19.2. The lowest BCUT2D eigenvalue weighted by atomic mass is 10.2. The van der Waals surface area contributed by atoms with Crippen molar-refractivity contribution < 1.29 is 9.21 Å². The lowest BCUT2D eigenvalue weighted by Crippen LogP contribution is -2.41. The first-order valence-corrected chi connectivity index (χ1v) is 11.4. The van der Waals surface area contributed by atoms with Crippen LogP contribution in [0.5, 0.6) is 0 Å². The van der Waals surface area contributed by atoms with E-state index in [1.807, 2.05) is 44.2 Å². The first-order chi connectivity index (χ1) is 16.0. The van der Waals surface area contributed by atoms with Crippen LogP contribution in [0.1, 0.15) is 51.8 Å². The number of hydrogen-bond acceptors (Lipinski definition) is 6. The number of amides is 1. The van der Waals surface area contributed by atoms with Gasteiger partial charge >= 0.3 is 5.69 Å². The minimum atomic E-state index is -0.655. The SMILES string of the molecule is CCCCN(C(=O)CCc1ncc(-c2ccccc2)o1)c1c(N)n(CCCC)c(=O)[nH]c1=O. The number of oxazole rings is 1. The number of carbonyl (C=O) groups is 1. The van der Waals surface area contributed by atoms with Crippen molar-refractivity contribution in [2.75, 3.05) is 17.2 Å². The first-order valence-electron chi connectivity index (χ1n) is 11.4. The monoisotopic (exact) mass is 453 g/mol. The largest absolute Gasteiger partial charge is 0.441 e. The van der Waals surface area contributed by atoms with Crippen LogP contribution in [-0.4, -0.2) is 27.0 Å². The molecule has 176 valence electrons. The molecule has 33 heavy (non-hydrogen) atoms. The number of H-pyrrole nitrogens is 1. The van der Waals surface area contributed by atoms with Gasteiger partial charge in [-0.15, -0.1) is 0 Å². The highest BCUT2D eigenvalue weighted by atomic mass is 16.4. The number of nitrogens with two attached hydrogens (primary N) is 1. The Hall–Kier alpha value is -3.62. The Labute approximate surface area is 192 Å². The normalized spacial score (nSPS) is 11.0. The van der Waals surface area contributed by atoms with E-state index in [0.717, 1.165) is 24.8 Å². The topological polar surface area (TPSA) is 127 Å². The van der Waals surface area contributed by atoms with Crippen LogP contribution >= 0.6 is 0 Å². The van der Waals surface area contributed by atoms with Crippen molar-refractivity contribution in [2.24, 2.45) is 0 Å². The number of nitrogens with one attached hydrogen (secondary N) is 1. The summed E-state index contributed by atoms with van der Waals surface area (Å²) in [4.78, 5) is 46.1. The molecule has 0 aliphatic rings. The zero-order valence-corrected chi connectivity index (χ0v) is 19.2. The second-order valence-electron chi connectivity index (χ2n) is 7.88. The maximum atomic E-state index is 13.2. The fourth-order valence-corrected chi connectivity index (χ4v) is 3.56. The van der Waals surface area contributed by atoms with E-state index >= 15 is 0 Å². The van der Waals surface area contributed by atoms with Crippen molar-refractivity contribution in [3.05, 3.63) is 63.3 Å². The van der Waals surface area contributed by atoms with E-state index in [0.29, 0.717) is 31.2 Å². The number of rotatable bonds is 11. The molecule has 0 aliphatic heterocycles. The van der Waals surface area contributed by atoms with Crippen LogP contribution in [0.4, 0.5) is 11.5 Å². The molecule has 1 aromatic carbocycles. The average Bonchev–Trinajstić information content (AvgIpc) is 3.29. The molecule has 2 heterocycles. The van der Waals surface area contributed by atoms with Crippen LogP contribution in [0.25, 0.3) is 11.3 Å². The number of aryl methyl sites for hydroxylation is 1. The van der Waals surface area contributed by atoms with Crippen LogP contribution in [0.3, 0.4) is 0 Å². The second kappa shape index (κ2) is 11.3. The van der Waals surface area contributed by atoms with Gasteiger partial charge < -0.3 is 15.1 Å². The Kier molecular flexibility index (Phi) is 8.23. The van der Waals surface area contributed by atoms with Gasteiger partial charge in [-0.2, -0.15) is 0 Å². The predicted octanol–water partition coefficient (Wildman–Crippen LogP) is 3.34. The summed E-state index contributed by atoms with van der Waals surface area (Å²) in [5.74, 6) is 0.807. The van der Waals surface area contributed by atoms with E-state index in [1.165, 1.54) is 9.47 Å². The van der Waals surface area contributed by atoms with Crippen LogP contribution in [-0.2, 0) is 17.8 Å². The molecule has 0 spiro atoms. The molecule has 1 amide bonds. The van der Waals surface area contributed by atoms with Crippen LogP contribution in [0, 0.1) is 0 Å². The van der Waals surface area contributed by atoms with Crippen molar-refractivity contribution >= 4 is 17.4 Å². The molecule has 0 bridgehead atoms. The maximum Gasteiger partial charge on any atom is 0.330 e. The van der Waals surface area contributed by atoms with Gasteiger partial charge in [-0.05, 0) is 12.8 Å². The van der Waals surface area contributed by atoms with Gasteiger partial charge in [0.1, 0.15) is 5.82 Å². The fraction of sp³-hybridized carbons (Fsp3) is 0.417. The molecule has 3 N–H and O–H groups in total. The molecule has 0 saturated heterocycles. The smallest absolute Gasteiger partial charge is 0.330 e. The molecular weight excluding hydrogens is 422 g/mol. The molecule has 0 radical (unpaired) electrons. The van der Waals surface area contributed by atoms with E-state index in [1.54, 1.807) is 6.20 Å². The molecule has 9 heteroatoms. The quantitative estimate of drug-likeness (QED) is 0.458. The Morgan fingerprint density at radius 1 is 1.15 bits per heavy atom. The van der Waals surface area contributed by atoms with Crippen LogP contribution < -0.4 is 21.9 Å². The van der Waals surface area contributed by atoms with Gasteiger partial charge in [-0.25, -0.2) is 9.78 Å². The van der Waals surface area contributed by atoms with Crippen molar-refractivity contribution in [1.82, 2.24) is 14.5 Å². The number of nitrogen functional groups attached to an aromatic ring is 1. The molecule has 0 unspecified atom stereocenters. The predicted molar refractivity (Wildman–Crippen MR) is 128 cm³/mol. The number of nitrogens with zero attached hydrogens (tertiary/aromatic N) is 3. The third kappa shape index (κ3) is 5.79. The van der Waals surface area contributed by atoms with Crippen LogP contribution in [0.15, 0.2) is 50.5 Å². The van der Waals surface area contributed by atoms with E-state index in [9.17, 15) is 14.4 Å². The number of aromatic amines is 1. The van der Waals surface area contributed by atoms with Gasteiger partial charge in [0, 0.05) is 31.5 Å². The molecule has 0 saturated carbocycles. The third-order valence-electron chi connectivity index (χ3n) is 5.42. The number of hydrogen-bond donors (Lipinski definition) is 2. The summed E-state index contributed by atoms with van der Waals surface area (Å²) in [7, 11) is 0. The summed E-state index contributed by atoms with van der Waals surface area (Å²) >= 11 is 0. The highest BCUT2D eigenvalue weighted by Gasteiger charge is 2.24. The third-order valence-corrected chi connectivity index (χ3v) is 5.42. The van der Waals surface area contributed by atoms with Gasteiger partial charge in [-0.1, -0.05) is 57.0 Å². The number of unbranched alkanes of at least 4 members (excludes halogenated alkanes) is 2. The fourth-order valence-electron chi connectivity index (χ4n) is 3.56. The number of aromatic nitrogens is 3. The lowest BCUT2D eigenvalue weighted by molar-refractivity contribution is -0.118. The Morgan fingerprint density at radius 2 is 1.88 bits per heavy atom. The van der Waals surface area contributed by atoms with Crippen molar-refractivity contribution in [3.63, 3.8) is 0 Å². The molecular formula is C24H31N5O4. The van der Waals surface area contributed by atoms with Gasteiger partial charge in [-0.3, -0.25) is 19.1 Å². The minimum absolute atomic E-state index is 0.0177. The molecule has 0 fully saturated rings. The molecule has 0 atom stereocenters. The minimum Gasteiger partial charge on any atom is -0.441 e. The molecule has 3 rings (SSSR count). The summed E-state index contributed by atoms with van der Waals surface area (Å²) < 4.78 is 7.12. The molecule has 9 nitrogen and oxygen atoms in total. The standard InChI is InChI=1S/C24H31N5O4/c1-3-5-14-28(21-22(25)29(15-6-4-2)24(32)27-23(21)31)20(30)13-12-19-26-16-18(33-19)17-10-8-7-9-11-17/h7-11,16H,3-6,12-15,25H2,1-2H3,(H,27,31,32). The highest BCUT2D eigenvalue weighted by Crippen LogP contribution is 2.22. The molecule has 2 aromatic heterocycles. The second-order valence-corrected chi connectivity index (χ2v) is 7.88. The van der Waals surface area contributed by atoms with Crippen molar-refractivity contribution in [1.29, 1.82) is 0 Å². The lowest BCUT2D eigenvalue weighted by Gasteiger charge is -2.24. The number of carbonyl (C=O) groups excluding carboxylic acids is 1. The van der Waals surface area contributed by atoms with Gasteiger partial charge in [0.25, 0.3) is 5.56 Å². The van der Waals surface area contributed by atoms with E-state index < -0.39 is 11.2 Å². The molecule has 0 aliphatic carbocycles. The average molecular weight is 454 g/mol. The Balaban J connectivity index is 1.82. The first kappa shape index (κ1) is 24.0. The highest BCUT2D eigenvalue weighted by molar-refractivity contribution is 5.95. The van der Waals surface area contributed by atoms with Crippen molar-refractivity contribution in [3.8, 4) is 11.3 Å². The summed E-state index contributed by atoms with van der Waals surface area (Å²) in [6, 6.07) is 9.58.